The number of nitrogens with two attached hydrogens (primary N) is 1. The van der Waals surface area contributed by atoms with Crippen LogP contribution in [0.15, 0.2) is 12.7 Å². The van der Waals surface area contributed by atoms with Crippen molar-refractivity contribution in [1.29, 1.82) is 0 Å². The van der Waals surface area contributed by atoms with E-state index in [0.717, 1.165) is 52.1 Å². The summed E-state index contributed by atoms with van der Waals surface area (Å²) in [4.78, 5) is 39.5. The minimum absolute atomic E-state index is 0. The van der Waals surface area contributed by atoms with Gasteiger partial charge in [-0.1, -0.05) is 6.42 Å². The molecule has 21 nitrogen and oxygen atoms in total. The largest absolute Gasteiger partial charge is 2.00 e. The van der Waals surface area contributed by atoms with E-state index in [-0.39, 0.29) is 28.8 Å². The number of rotatable bonds is 8. The molecule has 30 heteroatoms. The Hall–Kier alpha value is -3.03. The number of fused-ring (bicyclic) bond motifs is 1. The average molecular weight is 903 g/mol. The van der Waals surface area contributed by atoms with Crippen molar-refractivity contribution in [2.24, 2.45) is 0 Å². The van der Waals surface area contributed by atoms with Crippen LogP contribution in [0.25, 0.3) is 11.2 Å². The van der Waals surface area contributed by atoms with Crippen LogP contribution < -0.4 is 27.0 Å². The number of alkyl halides is 6. The Kier molecular flexibility index (Phi) is 20.7. The summed E-state index contributed by atoms with van der Waals surface area (Å²) in [7, 11) is -12.2. The Labute approximate surface area is 326 Å². The zero-order valence-corrected chi connectivity index (χ0v) is 31.7. The van der Waals surface area contributed by atoms with Crippen LogP contribution in [0.5, 0.6) is 0 Å². The van der Waals surface area contributed by atoms with Gasteiger partial charge in [0.1, 0.15) is 24.1 Å². The van der Waals surface area contributed by atoms with Gasteiger partial charge in [0.25, 0.3) is 5.91 Å². The minimum atomic E-state index is -6.09. The van der Waals surface area contributed by atoms with Gasteiger partial charge in [0.2, 0.25) is 5.91 Å². The molecule has 4 atom stereocenters. The number of hydrogen-bond acceptors (Lipinski definition) is 18. The van der Waals surface area contributed by atoms with Crippen molar-refractivity contribution in [2.45, 2.75) is 61.2 Å². The number of aliphatic hydroxyl groups is 2. The van der Waals surface area contributed by atoms with Crippen LogP contribution in [-0.2, 0) is 51.6 Å². The van der Waals surface area contributed by atoms with Gasteiger partial charge in [0.15, 0.2) is 44.0 Å². The monoisotopic (exact) mass is 902 g/mol. The first-order valence-electron chi connectivity index (χ1n) is 16.1. The molecule has 4 heterocycles. The molecule has 2 fully saturated rings. The second-order valence-electron chi connectivity index (χ2n) is 11.5. The van der Waals surface area contributed by atoms with Crippen LogP contribution in [0, 0.1) is 0 Å². The van der Waals surface area contributed by atoms with Gasteiger partial charge in [-0.15, -0.1) is 0 Å². The normalized spacial score (nSPS) is 21.6. The standard InChI is InChI=1S/C24H40N10O5.2CHF3O3S.Fe/c25-21-17-22(31-14-30-21)34(15-32-17)24-19(37)18(36)20(39-24)23(38)29-5-3-1-2-4-16(35)33-12-10-27-8-6-26-7-9-28-11-13-33;2*2-1(3,4)8(5,6)7;/h14-15,18-20,24,26-28,36-37H,1-13H2,(H,29,38)(H2,25,30,31);2*(H,5,6,7);/q;;;+2/p-2/t18-,19+,20-,24+;;;/m0.../s1. The molecule has 0 radical (unpaired) electrons. The van der Waals surface area contributed by atoms with Crippen LogP contribution in [0.1, 0.15) is 31.9 Å². The van der Waals surface area contributed by atoms with Crippen molar-refractivity contribution in [3.05, 3.63) is 12.7 Å². The molecule has 0 aromatic carbocycles. The minimum Gasteiger partial charge on any atom is -0.741 e. The van der Waals surface area contributed by atoms with Crippen molar-refractivity contribution in [3.63, 3.8) is 0 Å². The van der Waals surface area contributed by atoms with Gasteiger partial charge in [0, 0.05) is 65.3 Å². The quantitative estimate of drug-likeness (QED) is 0.0470. The van der Waals surface area contributed by atoms with E-state index >= 15 is 0 Å². The van der Waals surface area contributed by atoms with E-state index in [0.29, 0.717) is 43.6 Å². The first kappa shape index (κ1) is 51.0. The number of anilines is 1. The van der Waals surface area contributed by atoms with E-state index in [1.54, 1.807) is 0 Å². The summed E-state index contributed by atoms with van der Waals surface area (Å²) in [5.74, 6) is -0.208. The number of hydrogen-bond donors (Lipinski definition) is 7. The van der Waals surface area contributed by atoms with Crippen molar-refractivity contribution in [2.75, 3.05) is 64.6 Å². The van der Waals surface area contributed by atoms with Crippen LogP contribution in [0.3, 0.4) is 0 Å². The van der Waals surface area contributed by atoms with E-state index in [2.05, 4.69) is 36.2 Å². The second kappa shape index (κ2) is 22.8. The fourth-order valence-corrected chi connectivity index (χ4v) is 4.73. The Morgan fingerprint density at radius 3 is 1.86 bits per heavy atom. The van der Waals surface area contributed by atoms with E-state index in [1.165, 1.54) is 17.2 Å². The van der Waals surface area contributed by atoms with Gasteiger partial charge < -0.3 is 56.0 Å². The maximum atomic E-state index is 12.7. The first-order chi connectivity index (χ1) is 25.5. The molecular weight excluding hydrogens is 862 g/mol. The van der Waals surface area contributed by atoms with Crippen molar-refractivity contribution in [3.8, 4) is 0 Å². The summed E-state index contributed by atoms with van der Waals surface area (Å²) >= 11 is 0. The average Bonchev–Trinajstić information content (AvgIpc) is 3.62. The summed E-state index contributed by atoms with van der Waals surface area (Å²) in [6.45, 7) is 6.83. The number of nitrogen functional groups attached to an aromatic ring is 1. The molecule has 0 aliphatic carbocycles. The van der Waals surface area contributed by atoms with Gasteiger partial charge in [-0.25, -0.2) is 31.8 Å². The zero-order chi connectivity index (χ0) is 41.6. The van der Waals surface area contributed by atoms with E-state index in [1.807, 2.05) is 4.90 Å². The van der Waals surface area contributed by atoms with Crippen molar-refractivity contribution in [1.82, 2.24) is 45.7 Å². The predicted octanol–water partition coefficient (Wildman–Crippen LogP) is -2.58. The maximum Gasteiger partial charge on any atom is 2.00 e. The molecule has 0 spiro atoms. The number of unbranched alkanes of at least 4 members (excludes halogenated alkanes) is 2. The predicted molar refractivity (Wildman–Crippen MR) is 174 cm³/mol. The van der Waals surface area contributed by atoms with Gasteiger partial charge in [0.05, 0.1) is 6.33 Å². The number of nitrogens with one attached hydrogen (secondary N) is 4. The zero-order valence-electron chi connectivity index (χ0n) is 29.0. The molecule has 4 rings (SSSR count). The summed E-state index contributed by atoms with van der Waals surface area (Å²) in [6.07, 6.45) is 0.148. The van der Waals surface area contributed by atoms with Crippen LogP contribution in [0.4, 0.5) is 32.2 Å². The third-order valence-corrected chi connectivity index (χ3v) is 8.65. The number of aliphatic hydroxyl groups excluding tert-OH is 2. The summed E-state index contributed by atoms with van der Waals surface area (Å²) in [5.41, 5.74) is -4.82. The molecule has 2 saturated heterocycles. The number of halogens is 6. The van der Waals surface area contributed by atoms with Gasteiger partial charge >= 0.3 is 28.1 Å². The fourth-order valence-electron chi connectivity index (χ4n) is 4.73. The third kappa shape index (κ3) is 16.1. The number of nitrogens with zero attached hydrogens (tertiary/aromatic N) is 5. The molecule has 2 aliphatic heterocycles. The molecule has 2 amide bonds. The van der Waals surface area contributed by atoms with E-state index in [4.69, 9.17) is 36.4 Å². The number of imidazole rings is 1. The Balaban J connectivity index is 0.000000773. The van der Waals surface area contributed by atoms with Gasteiger partial charge in [-0.05, 0) is 12.8 Å². The van der Waals surface area contributed by atoms with Crippen molar-refractivity contribution >= 4 is 49.0 Å². The molecule has 0 unspecified atom stereocenters. The molecule has 2 aromatic heterocycles. The Morgan fingerprint density at radius 1 is 0.857 bits per heavy atom. The van der Waals surface area contributed by atoms with Gasteiger partial charge in [-0.2, -0.15) is 26.3 Å². The molecule has 2 aromatic rings. The number of ether oxygens (including phenoxy) is 1. The topological polar surface area (TPSA) is 319 Å². The van der Waals surface area contributed by atoms with Crippen LogP contribution in [-0.4, -0.2) is 161 Å². The maximum absolute atomic E-state index is 12.7. The molecule has 8 N–H and O–H groups in total. The molecule has 0 bridgehead atoms. The van der Waals surface area contributed by atoms with Crippen LogP contribution >= 0.6 is 0 Å². The number of carbonyl (C=O) groups excluding carboxylic acids is 2. The number of carbonyl (C=O) groups is 2. The second-order valence-corrected chi connectivity index (χ2v) is 14.3. The molecule has 56 heavy (non-hydrogen) atoms. The number of amides is 2. The molecule has 0 saturated carbocycles. The summed E-state index contributed by atoms with van der Waals surface area (Å²) in [6, 6.07) is 0. The van der Waals surface area contributed by atoms with Crippen molar-refractivity contribution < 1.29 is 93.9 Å². The van der Waals surface area contributed by atoms with E-state index < -0.39 is 61.7 Å². The number of aromatic nitrogens is 4. The van der Waals surface area contributed by atoms with Gasteiger partial charge in [-0.3, -0.25) is 14.2 Å². The summed E-state index contributed by atoms with van der Waals surface area (Å²) in [5, 5.41) is 33.8. The molecule has 322 valence electrons. The Morgan fingerprint density at radius 2 is 1.36 bits per heavy atom. The summed E-state index contributed by atoms with van der Waals surface area (Å²) < 4.78 is 125. The fraction of sp³-hybridized carbons (Fsp3) is 0.731. The third-order valence-electron chi connectivity index (χ3n) is 7.52. The van der Waals surface area contributed by atoms with E-state index in [9.17, 15) is 46.1 Å². The Bertz CT molecular complexity index is 1710. The first-order valence-corrected chi connectivity index (χ1v) is 19.0. The van der Waals surface area contributed by atoms with Crippen LogP contribution in [0.2, 0.25) is 0 Å². The molecular formula is C26H40F6FeN10O11S2. The smallest absolute Gasteiger partial charge is 0.741 e. The SMILES string of the molecule is Nc1ncnc2c1ncn2[C@@H]1O[C@H](C(=O)NCCCCCC(=O)N2CCNCCNCCNCC2)[C@@H](O)[C@H]1O.O=S(=O)([O-])C(F)(F)F.O=S(=O)([O-])C(F)(F)F.[Fe+2]. The molecule has 2 aliphatic rings.